The highest BCUT2D eigenvalue weighted by molar-refractivity contribution is 7.89. The molecule has 0 aliphatic carbocycles. The Bertz CT molecular complexity index is 1660. The summed E-state index contributed by atoms with van der Waals surface area (Å²) in [5, 5.41) is 3.15. The molecule has 1 aromatic carbocycles. The van der Waals surface area contributed by atoms with Crippen LogP contribution in [0.1, 0.15) is 25.1 Å². The largest absolute Gasteiger partial charge is 0.497 e. The van der Waals surface area contributed by atoms with Crippen molar-refractivity contribution < 1.29 is 17.9 Å². The highest BCUT2D eigenvalue weighted by Crippen LogP contribution is 2.35. The van der Waals surface area contributed by atoms with Crippen molar-refractivity contribution in [1.29, 1.82) is 0 Å². The van der Waals surface area contributed by atoms with Crippen LogP contribution in [0.2, 0.25) is 0 Å². The maximum atomic E-state index is 13.7. The number of piperidine rings is 1. The van der Waals surface area contributed by atoms with E-state index in [2.05, 4.69) is 15.3 Å². The average molecular weight is 562 g/mol. The Labute approximate surface area is 222 Å². The average Bonchev–Trinajstić information content (AvgIpc) is 3.39. The van der Waals surface area contributed by atoms with Crippen LogP contribution in [0, 0.1) is 18.8 Å². The number of hydrogen-bond donors (Lipinski definition) is 1. The van der Waals surface area contributed by atoms with Crippen molar-refractivity contribution in [2.45, 2.75) is 38.6 Å². The predicted octanol–water partition coefficient (Wildman–Crippen LogP) is 3.69. The molecule has 0 bridgehead atoms. The first-order valence-electron chi connectivity index (χ1n) is 11.8. The number of anilines is 1. The molecule has 196 valence electrons. The van der Waals surface area contributed by atoms with Crippen LogP contribution in [0.3, 0.4) is 0 Å². The topological polar surface area (TPSA) is 123 Å². The summed E-state index contributed by atoms with van der Waals surface area (Å²) in [5.41, 5.74) is 0.154. The lowest BCUT2D eigenvalue weighted by Crippen LogP contribution is -2.42. The molecule has 1 aliphatic heterocycles. The van der Waals surface area contributed by atoms with E-state index in [1.807, 2.05) is 19.9 Å². The number of nitrogens with one attached hydrogen (secondary N) is 1. The zero-order chi connectivity index (χ0) is 26.5. The number of rotatable bonds is 6. The van der Waals surface area contributed by atoms with Crippen LogP contribution >= 0.6 is 22.7 Å². The number of benzene rings is 1. The minimum absolute atomic E-state index is 0.00109. The van der Waals surface area contributed by atoms with Crippen molar-refractivity contribution in [2.24, 2.45) is 11.8 Å². The third-order valence-electron chi connectivity index (χ3n) is 6.39. The molecule has 1 amide bonds. The van der Waals surface area contributed by atoms with Gasteiger partial charge in [-0.25, -0.2) is 18.4 Å². The van der Waals surface area contributed by atoms with Crippen molar-refractivity contribution in [3.05, 3.63) is 39.8 Å². The first-order valence-corrected chi connectivity index (χ1v) is 14.9. The minimum atomic E-state index is -3.91. The monoisotopic (exact) mass is 561 g/mol. The van der Waals surface area contributed by atoms with E-state index in [0.717, 1.165) is 15.7 Å². The summed E-state index contributed by atoms with van der Waals surface area (Å²) < 4.78 is 36.1. The molecule has 37 heavy (non-hydrogen) atoms. The summed E-state index contributed by atoms with van der Waals surface area (Å²) in [7, 11) is -2.33. The summed E-state index contributed by atoms with van der Waals surface area (Å²) in [6.07, 6.45) is 2.24. The molecular formula is C24H27N5O5S3. The number of amides is 1. The van der Waals surface area contributed by atoms with Gasteiger partial charge in [-0.1, -0.05) is 25.2 Å². The lowest BCUT2D eigenvalue weighted by Gasteiger charge is -2.34. The van der Waals surface area contributed by atoms with E-state index in [-0.39, 0.29) is 28.7 Å². The van der Waals surface area contributed by atoms with Gasteiger partial charge in [0.2, 0.25) is 15.9 Å². The van der Waals surface area contributed by atoms with Crippen molar-refractivity contribution >= 4 is 64.2 Å². The van der Waals surface area contributed by atoms with Gasteiger partial charge in [0.05, 0.1) is 29.0 Å². The Morgan fingerprint density at radius 2 is 1.95 bits per heavy atom. The Kier molecular flexibility index (Phi) is 6.81. The summed E-state index contributed by atoms with van der Waals surface area (Å²) in [6.45, 7) is 6.25. The summed E-state index contributed by atoms with van der Waals surface area (Å²) in [5.74, 6) is 0.672. The number of thiazole rings is 1. The highest BCUT2D eigenvalue weighted by Gasteiger charge is 2.35. The molecular weight excluding hydrogens is 534 g/mol. The number of aromatic nitrogens is 3. The number of nitrogens with zero attached hydrogens (tertiary/aromatic N) is 4. The molecule has 4 heterocycles. The molecule has 1 fully saturated rings. The summed E-state index contributed by atoms with van der Waals surface area (Å²) >= 11 is 2.46. The van der Waals surface area contributed by atoms with E-state index < -0.39 is 21.5 Å². The number of sulfonamides is 1. The second kappa shape index (κ2) is 9.78. The van der Waals surface area contributed by atoms with Gasteiger partial charge in [-0.05, 0) is 43.4 Å². The Morgan fingerprint density at radius 3 is 2.65 bits per heavy atom. The third kappa shape index (κ3) is 4.88. The second-order valence-electron chi connectivity index (χ2n) is 9.51. The fraction of sp³-hybridized carbons (Fsp3) is 0.417. The fourth-order valence-electron chi connectivity index (χ4n) is 4.87. The standard InChI is InChI=1S/C24H27N5O5S3/c1-13-7-14(2)10-29(9-13)37(32,33)21-15(3)35-22-20(21)23(31)28(12-25-22)11-19(30)27-24-26-17-6-5-16(34-4)8-18(17)36-24/h5-6,8,12-14H,7,9-11H2,1-4H3,(H,26,27,30). The number of methoxy groups -OCH3 is 1. The lowest BCUT2D eigenvalue weighted by atomic mass is 9.94. The third-order valence-corrected chi connectivity index (χ3v) is 10.5. The van der Waals surface area contributed by atoms with Gasteiger partial charge in [0, 0.05) is 18.0 Å². The fourth-order valence-corrected chi connectivity index (χ4v) is 9.12. The van der Waals surface area contributed by atoms with Crippen molar-refractivity contribution in [2.75, 3.05) is 25.5 Å². The minimum Gasteiger partial charge on any atom is -0.497 e. The van der Waals surface area contributed by atoms with E-state index in [0.29, 0.717) is 39.2 Å². The lowest BCUT2D eigenvalue weighted by molar-refractivity contribution is -0.116. The van der Waals surface area contributed by atoms with Gasteiger partial charge in [0.1, 0.15) is 22.0 Å². The number of carbonyl (C=O) groups excluding carboxylic acids is 1. The van der Waals surface area contributed by atoms with Gasteiger partial charge in [0.25, 0.3) is 5.56 Å². The molecule has 0 radical (unpaired) electrons. The summed E-state index contributed by atoms with van der Waals surface area (Å²) in [4.78, 5) is 35.8. The van der Waals surface area contributed by atoms with Gasteiger partial charge in [0.15, 0.2) is 5.13 Å². The summed E-state index contributed by atoms with van der Waals surface area (Å²) in [6, 6.07) is 5.41. The van der Waals surface area contributed by atoms with E-state index in [1.165, 1.54) is 33.3 Å². The van der Waals surface area contributed by atoms with Crippen LogP contribution in [0.4, 0.5) is 5.13 Å². The Hall–Kier alpha value is -2.87. The van der Waals surface area contributed by atoms with Crippen LogP contribution in [0.15, 0.2) is 34.2 Å². The van der Waals surface area contributed by atoms with Crippen LogP contribution in [0.25, 0.3) is 20.4 Å². The van der Waals surface area contributed by atoms with Crippen molar-refractivity contribution in [1.82, 2.24) is 18.8 Å². The van der Waals surface area contributed by atoms with E-state index in [4.69, 9.17) is 4.74 Å². The van der Waals surface area contributed by atoms with Gasteiger partial charge >= 0.3 is 0 Å². The number of hydrogen-bond acceptors (Lipinski definition) is 9. The maximum Gasteiger partial charge on any atom is 0.263 e. The SMILES string of the molecule is COc1ccc2nc(NC(=O)Cn3cnc4sc(C)c(S(=O)(=O)N5CC(C)CC(C)C5)c4c3=O)sc2c1. The number of aryl methyl sites for hydroxylation is 1. The smallest absolute Gasteiger partial charge is 0.263 e. The van der Waals surface area contributed by atoms with E-state index in [1.54, 1.807) is 26.2 Å². The van der Waals surface area contributed by atoms with E-state index >= 15 is 0 Å². The van der Waals surface area contributed by atoms with Gasteiger partial charge in [-0.15, -0.1) is 11.3 Å². The second-order valence-corrected chi connectivity index (χ2v) is 13.6. The highest BCUT2D eigenvalue weighted by atomic mass is 32.2. The predicted molar refractivity (Wildman–Crippen MR) is 145 cm³/mol. The first kappa shape index (κ1) is 25.8. The molecule has 3 aromatic heterocycles. The Balaban J connectivity index is 1.44. The number of ether oxygens (including phenoxy) is 1. The van der Waals surface area contributed by atoms with Gasteiger partial charge < -0.3 is 10.1 Å². The van der Waals surface area contributed by atoms with Crippen LogP contribution in [-0.2, 0) is 21.4 Å². The maximum absolute atomic E-state index is 13.7. The molecule has 4 aromatic rings. The molecule has 2 unspecified atom stereocenters. The molecule has 0 spiro atoms. The first-order chi connectivity index (χ1) is 17.6. The zero-order valence-corrected chi connectivity index (χ0v) is 23.3. The zero-order valence-electron chi connectivity index (χ0n) is 20.8. The molecule has 5 rings (SSSR count). The molecule has 0 saturated carbocycles. The van der Waals surface area contributed by atoms with Gasteiger partial charge in [-0.3, -0.25) is 14.2 Å². The van der Waals surface area contributed by atoms with Crippen LogP contribution in [-0.4, -0.2) is 53.4 Å². The quantitative estimate of drug-likeness (QED) is 0.381. The van der Waals surface area contributed by atoms with Crippen molar-refractivity contribution in [3.63, 3.8) is 0 Å². The Morgan fingerprint density at radius 1 is 1.22 bits per heavy atom. The van der Waals surface area contributed by atoms with E-state index in [9.17, 15) is 18.0 Å². The van der Waals surface area contributed by atoms with Crippen molar-refractivity contribution in [3.8, 4) is 5.75 Å². The number of carbonyl (C=O) groups is 1. The normalized spacial score (nSPS) is 18.9. The molecule has 10 nitrogen and oxygen atoms in total. The van der Waals surface area contributed by atoms with Crippen LogP contribution < -0.4 is 15.6 Å². The molecule has 2 atom stereocenters. The molecule has 13 heteroatoms. The molecule has 1 saturated heterocycles. The number of thiophene rings is 1. The molecule has 1 aliphatic rings. The van der Waals surface area contributed by atoms with Gasteiger partial charge in [-0.2, -0.15) is 4.31 Å². The number of fused-ring (bicyclic) bond motifs is 2. The van der Waals surface area contributed by atoms with Crippen LogP contribution in [0.5, 0.6) is 5.75 Å². The molecule has 1 N–H and O–H groups in total.